The van der Waals surface area contributed by atoms with Crippen molar-refractivity contribution in [1.82, 2.24) is 0 Å². The number of esters is 1. The van der Waals surface area contributed by atoms with Crippen molar-refractivity contribution < 1.29 is 28.4 Å². The maximum atomic E-state index is 13.3. The fourth-order valence-corrected chi connectivity index (χ4v) is 2.20. The van der Waals surface area contributed by atoms with Gasteiger partial charge in [-0.25, -0.2) is 4.79 Å². The van der Waals surface area contributed by atoms with Gasteiger partial charge in [0, 0.05) is 11.8 Å². The normalized spacial score (nSPS) is 11.6. The summed E-state index contributed by atoms with van der Waals surface area (Å²) in [7, 11) is 0. The molecule has 0 heterocycles. The largest absolute Gasteiger partial charge is 0.491 e. The number of nitro groups is 1. The zero-order valence-electron chi connectivity index (χ0n) is 15.5. The fraction of sp³-hybridized carbons (Fsp3) is 0.263. The number of nitro benzene ring substituents is 1. The molecule has 1 amide bonds. The van der Waals surface area contributed by atoms with E-state index in [0.29, 0.717) is 5.75 Å². The summed E-state index contributed by atoms with van der Waals surface area (Å²) in [6, 6.07) is 9.16. The number of carbonyl (C=O) groups is 2. The Balaban J connectivity index is 1.99. The summed E-state index contributed by atoms with van der Waals surface area (Å²) >= 11 is 0. The second-order valence-corrected chi connectivity index (χ2v) is 6.15. The third-order valence-electron chi connectivity index (χ3n) is 3.53. The Morgan fingerprint density at radius 2 is 1.75 bits per heavy atom. The van der Waals surface area contributed by atoms with Crippen LogP contribution >= 0.6 is 0 Å². The lowest BCUT2D eigenvalue weighted by atomic mass is 10.2. The standard InChI is InChI=1S/C19H19FN2O6/c1-11(2)27-15-7-4-13(5-8-15)19(24)28-12(3)18(23)21-14-6-9-16(20)17(10-14)22(25)26/h4-12H,1-3H3,(H,21,23)/t12-/m0/s1. The molecule has 0 bridgehead atoms. The zero-order valence-corrected chi connectivity index (χ0v) is 15.5. The lowest BCUT2D eigenvalue weighted by Crippen LogP contribution is -2.30. The second-order valence-electron chi connectivity index (χ2n) is 6.15. The van der Waals surface area contributed by atoms with Gasteiger partial charge in [-0.15, -0.1) is 0 Å². The van der Waals surface area contributed by atoms with Gasteiger partial charge in [-0.1, -0.05) is 0 Å². The van der Waals surface area contributed by atoms with Gasteiger partial charge in [-0.05, 0) is 57.2 Å². The van der Waals surface area contributed by atoms with Gasteiger partial charge in [0.25, 0.3) is 5.91 Å². The van der Waals surface area contributed by atoms with E-state index >= 15 is 0 Å². The number of nitrogens with one attached hydrogen (secondary N) is 1. The van der Waals surface area contributed by atoms with E-state index in [2.05, 4.69) is 5.32 Å². The van der Waals surface area contributed by atoms with E-state index in [4.69, 9.17) is 9.47 Å². The van der Waals surface area contributed by atoms with E-state index in [-0.39, 0.29) is 17.4 Å². The Morgan fingerprint density at radius 3 is 2.32 bits per heavy atom. The number of nitrogens with zero attached hydrogens (tertiary/aromatic N) is 1. The Hall–Kier alpha value is -3.49. The molecule has 9 heteroatoms. The average molecular weight is 390 g/mol. The molecule has 0 saturated carbocycles. The van der Waals surface area contributed by atoms with Crippen molar-refractivity contribution in [2.45, 2.75) is 33.0 Å². The number of halogens is 1. The molecule has 0 spiro atoms. The monoisotopic (exact) mass is 390 g/mol. The molecule has 0 radical (unpaired) electrons. The Bertz CT molecular complexity index is 882. The van der Waals surface area contributed by atoms with Gasteiger partial charge in [-0.2, -0.15) is 4.39 Å². The molecule has 0 fully saturated rings. The molecule has 1 N–H and O–H groups in total. The molecule has 2 aromatic carbocycles. The number of carbonyl (C=O) groups excluding carboxylic acids is 2. The molecule has 0 aromatic heterocycles. The maximum absolute atomic E-state index is 13.3. The lowest BCUT2D eigenvalue weighted by molar-refractivity contribution is -0.387. The van der Waals surface area contributed by atoms with Gasteiger partial charge in [-0.3, -0.25) is 14.9 Å². The van der Waals surface area contributed by atoms with Crippen LogP contribution in [0.1, 0.15) is 31.1 Å². The predicted molar refractivity (Wildman–Crippen MR) is 98.8 cm³/mol. The minimum atomic E-state index is -1.18. The van der Waals surface area contributed by atoms with Crippen LogP contribution in [0.4, 0.5) is 15.8 Å². The number of hydrogen-bond donors (Lipinski definition) is 1. The van der Waals surface area contributed by atoms with Gasteiger partial charge >= 0.3 is 11.7 Å². The van der Waals surface area contributed by atoms with E-state index in [9.17, 15) is 24.1 Å². The average Bonchev–Trinajstić information content (AvgIpc) is 2.63. The zero-order chi connectivity index (χ0) is 20.8. The number of rotatable bonds is 7. The van der Waals surface area contributed by atoms with Crippen LogP contribution in [0.3, 0.4) is 0 Å². The van der Waals surface area contributed by atoms with Crippen molar-refractivity contribution in [2.24, 2.45) is 0 Å². The van der Waals surface area contributed by atoms with Crippen LogP contribution < -0.4 is 10.1 Å². The summed E-state index contributed by atoms with van der Waals surface area (Å²) in [5.41, 5.74) is -0.532. The Labute approximate surface area is 160 Å². The van der Waals surface area contributed by atoms with Crippen molar-refractivity contribution in [1.29, 1.82) is 0 Å². The molecule has 0 aliphatic carbocycles. The van der Waals surface area contributed by atoms with Crippen molar-refractivity contribution >= 4 is 23.3 Å². The van der Waals surface area contributed by atoms with E-state index < -0.39 is 34.4 Å². The maximum Gasteiger partial charge on any atom is 0.338 e. The molecule has 28 heavy (non-hydrogen) atoms. The number of anilines is 1. The quantitative estimate of drug-likeness (QED) is 0.439. The minimum absolute atomic E-state index is 0.0104. The van der Waals surface area contributed by atoms with Crippen molar-refractivity contribution in [3.8, 4) is 5.75 Å². The highest BCUT2D eigenvalue weighted by Gasteiger charge is 2.21. The smallest absolute Gasteiger partial charge is 0.338 e. The van der Waals surface area contributed by atoms with E-state index in [1.807, 2.05) is 13.8 Å². The molecule has 0 aliphatic heterocycles. The van der Waals surface area contributed by atoms with E-state index in [1.54, 1.807) is 12.1 Å². The number of benzene rings is 2. The number of amides is 1. The van der Waals surface area contributed by atoms with Gasteiger partial charge < -0.3 is 14.8 Å². The first-order valence-electron chi connectivity index (χ1n) is 8.40. The molecule has 2 rings (SSSR count). The summed E-state index contributed by atoms with van der Waals surface area (Å²) in [5.74, 6) is -1.86. The molecule has 1 atom stereocenters. The summed E-state index contributed by atoms with van der Waals surface area (Å²) in [4.78, 5) is 34.2. The molecular formula is C19H19FN2O6. The molecule has 148 valence electrons. The lowest BCUT2D eigenvalue weighted by Gasteiger charge is -2.14. The topological polar surface area (TPSA) is 108 Å². The van der Waals surface area contributed by atoms with E-state index in [0.717, 1.165) is 12.1 Å². The van der Waals surface area contributed by atoms with Gasteiger partial charge in [0.2, 0.25) is 5.82 Å². The predicted octanol–water partition coefficient (Wildman–Crippen LogP) is 3.71. The summed E-state index contributed by atoms with van der Waals surface area (Å²) in [6.45, 7) is 5.10. The third-order valence-corrected chi connectivity index (χ3v) is 3.53. The van der Waals surface area contributed by atoms with Crippen LogP contribution in [0.5, 0.6) is 5.75 Å². The van der Waals surface area contributed by atoms with Crippen LogP contribution in [-0.4, -0.2) is 29.0 Å². The Morgan fingerprint density at radius 1 is 1.11 bits per heavy atom. The summed E-state index contributed by atoms with van der Waals surface area (Å²) in [5, 5.41) is 13.1. The molecule has 0 unspecified atom stereocenters. The summed E-state index contributed by atoms with van der Waals surface area (Å²) < 4.78 is 23.9. The van der Waals surface area contributed by atoms with Gasteiger partial charge in [0.15, 0.2) is 6.10 Å². The van der Waals surface area contributed by atoms with E-state index in [1.165, 1.54) is 25.1 Å². The SMILES string of the molecule is CC(C)Oc1ccc(C(=O)O[C@@H](C)C(=O)Nc2ccc(F)c([N+](=O)[O-])c2)cc1. The highest BCUT2D eigenvalue weighted by atomic mass is 19.1. The van der Waals surface area contributed by atoms with Crippen LogP contribution in [0.2, 0.25) is 0 Å². The van der Waals surface area contributed by atoms with Crippen LogP contribution in [0.15, 0.2) is 42.5 Å². The van der Waals surface area contributed by atoms with Crippen LogP contribution in [0, 0.1) is 15.9 Å². The summed E-state index contributed by atoms with van der Waals surface area (Å²) in [6.07, 6.45) is -1.19. The molecule has 0 saturated heterocycles. The van der Waals surface area contributed by atoms with Crippen LogP contribution in [-0.2, 0) is 9.53 Å². The van der Waals surface area contributed by atoms with Crippen molar-refractivity contribution in [3.05, 3.63) is 64.0 Å². The fourth-order valence-electron chi connectivity index (χ4n) is 2.20. The number of hydrogen-bond acceptors (Lipinski definition) is 6. The Kier molecular flexibility index (Phi) is 6.64. The van der Waals surface area contributed by atoms with Crippen LogP contribution in [0.25, 0.3) is 0 Å². The first kappa shape index (κ1) is 20.8. The number of ether oxygens (including phenoxy) is 2. The minimum Gasteiger partial charge on any atom is -0.491 e. The highest BCUT2D eigenvalue weighted by molar-refractivity contribution is 5.97. The van der Waals surface area contributed by atoms with Gasteiger partial charge in [0.1, 0.15) is 5.75 Å². The first-order chi connectivity index (χ1) is 13.2. The van der Waals surface area contributed by atoms with Crippen molar-refractivity contribution in [3.63, 3.8) is 0 Å². The second kappa shape index (κ2) is 8.94. The highest BCUT2D eigenvalue weighted by Crippen LogP contribution is 2.22. The molecule has 0 aliphatic rings. The van der Waals surface area contributed by atoms with Gasteiger partial charge in [0.05, 0.1) is 16.6 Å². The molecule has 2 aromatic rings. The molecular weight excluding hydrogens is 371 g/mol. The molecule has 8 nitrogen and oxygen atoms in total. The first-order valence-corrected chi connectivity index (χ1v) is 8.40. The van der Waals surface area contributed by atoms with Crippen molar-refractivity contribution in [2.75, 3.05) is 5.32 Å². The third kappa shape index (κ3) is 5.50.